The van der Waals surface area contributed by atoms with Gasteiger partial charge in [0.1, 0.15) is 11.9 Å². The Kier molecular flexibility index (Phi) is 5.44. The van der Waals surface area contributed by atoms with Crippen LogP contribution in [0.4, 0.5) is 4.39 Å². The van der Waals surface area contributed by atoms with E-state index in [2.05, 4.69) is 11.4 Å². The first-order chi connectivity index (χ1) is 10.2. The average molecular weight is 284 g/mol. The molecule has 0 aliphatic heterocycles. The summed E-state index contributed by atoms with van der Waals surface area (Å²) in [6.07, 6.45) is 0.622. The van der Waals surface area contributed by atoms with E-state index in [1.807, 2.05) is 30.3 Å². The van der Waals surface area contributed by atoms with Gasteiger partial charge in [-0.3, -0.25) is 5.32 Å². The zero-order valence-corrected chi connectivity index (χ0v) is 11.5. The Morgan fingerprint density at radius 1 is 1.10 bits per heavy atom. The van der Waals surface area contributed by atoms with Gasteiger partial charge in [-0.15, -0.1) is 0 Å². The van der Waals surface area contributed by atoms with E-state index < -0.39 is 6.04 Å². The van der Waals surface area contributed by atoms with Crippen LogP contribution in [0.5, 0.6) is 0 Å². The molecule has 0 heterocycles. The molecule has 0 saturated carbocycles. The maximum Gasteiger partial charge on any atom is 0.123 e. The van der Waals surface area contributed by atoms with Crippen molar-refractivity contribution in [3.8, 4) is 6.07 Å². The minimum Gasteiger partial charge on any atom is -0.395 e. The van der Waals surface area contributed by atoms with Gasteiger partial charge in [0.15, 0.2) is 0 Å². The molecule has 0 saturated heterocycles. The zero-order valence-electron chi connectivity index (χ0n) is 11.5. The van der Waals surface area contributed by atoms with E-state index >= 15 is 0 Å². The molecule has 0 radical (unpaired) electrons. The number of hydrogen-bond donors (Lipinski definition) is 2. The topological polar surface area (TPSA) is 56.0 Å². The number of aliphatic hydroxyl groups excluding tert-OH is 1. The van der Waals surface area contributed by atoms with E-state index in [1.165, 1.54) is 12.1 Å². The maximum absolute atomic E-state index is 12.9. The van der Waals surface area contributed by atoms with Gasteiger partial charge in [0, 0.05) is 6.04 Å². The van der Waals surface area contributed by atoms with Crippen molar-refractivity contribution < 1.29 is 9.50 Å². The third-order valence-electron chi connectivity index (χ3n) is 3.28. The monoisotopic (exact) mass is 284 g/mol. The number of rotatable bonds is 6. The number of aliphatic hydroxyl groups is 1. The van der Waals surface area contributed by atoms with Crippen LogP contribution in [0, 0.1) is 17.1 Å². The van der Waals surface area contributed by atoms with Crippen molar-refractivity contribution >= 4 is 0 Å². The highest BCUT2D eigenvalue weighted by molar-refractivity contribution is 5.25. The second kappa shape index (κ2) is 7.53. The SMILES string of the molecule is N#CC(NC(CO)Cc1ccccc1)c1ccc(F)cc1. The molecule has 0 spiro atoms. The highest BCUT2D eigenvalue weighted by Crippen LogP contribution is 2.15. The van der Waals surface area contributed by atoms with Crippen LogP contribution in [0.2, 0.25) is 0 Å². The average Bonchev–Trinajstić information content (AvgIpc) is 2.53. The summed E-state index contributed by atoms with van der Waals surface area (Å²) in [5.41, 5.74) is 1.77. The molecule has 0 aliphatic rings. The molecule has 108 valence electrons. The summed E-state index contributed by atoms with van der Waals surface area (Å²) < 4.78 is 12.9. The lowest BCUT2D eigenvalue weighted by Gasteiger charge is -2.20. The molecule has 2 atom stereocenters. The lowest BCUT2D eigenvalue weighted by molar-refractivity contribution is 0.237. The summed E-state index contributed by atoms with van der Waals surface area (Å²) in [5.74, 6) is -0.335. The predicted octanol–water partition coefficient (Wildman–Crippen LogP) is 2.58. The first-order valence-electron chi connectivity index (χ1n) is 6.79. The first-order valence-corrected chi connectivity index (χ1v) is 6.79. The van der Waals surface area contributed by atoms with Crippen LogP contribution in [-0.4, -0.2) is 17.8 Å². The predicted molar refractivity (Wildman–Crippen MR) is 78.9 cm³/mol. The molecule has 2 rings (SSSR count). The largest absolute Gasteiger partial charge is 0.395 e. The van der Waals surface area contributed by atoms with E-state index in [9.17, 15) is 14.8 Å². The fraction of sp³-hybridized carbons (Fsp3) is 0.235. The second-order valence-electron chi connectivity index (χ2n) is 4.85. The number of benzene rings is 2. The van der Waals surface area contributed by atoms with Crippen molar-refractivity contribution in [2.24, 2.45) is 0 Å². The van der Waals surface area contributed by atoms with Crippen LogP contribution in [0.1, 0.15) is 17.2 Å². The first kappa shape index (κ1) is 15.2. The Bertz CT molecular complexity index is 592. The number of nitrogens with one attached hydrogen (secondary N) is 1. The van der Waals surface area contributed by atoms with E-state index in [0.29, 0.717) is 12.0 Å². The lowest BCUT2D eigenvalue weighted by atomic mass is 10.0. The van der Waals surface area contributed by atoms with Gasteiger partial charge in [0.05, 0.1) is 12.7 Å². The normalized spacial score (nSPS) is 13.4. The molecular formula is C17H17FN2O. The van der Waals surface area contributed by atoms with E-state index in [0.717, 1.165) is 5.56 Å². The molecule has 4 heteroatoms. The van der Waals surface area contributed by atoms with Gasteiger partial charge in [-0.25, -0.2) is 4.39 Å². The van der Waals surface area contributed by atoms with Crippen molar-refractivity contribution in [2.45, 2.75) is 18.5 Å². The number of halogens is 1. The Morgan fingerprint density at radius 2 is 1.76 bits per heavy atom. The Morgan fingerprint density at radius 3 is 2.33 bits per heavy atom. The smallest absolute Gasteiger partial charge is 0.123 e. The fourth-order valence-electron chi connectivity index (χ4n) is 2.17. The minimum absolute atomic E-state index is 0.0751. The highest BCUT2D eigenvalue weighted by Gasteiger charge is 2.16. The molecule has 2 aromatic rings. The molecular weight excluding hydrogens is 267 g/mol. The number of nitrogens with zero attached hydrogens (tertiary/aromatic N) is 1. The van der Waals surface area contributed by atoms with Crippen molar-refractivity contribution in [1.29, 1.82) is 5.26 Å². The molecule has 0 bridgehead atoms. The number of nitriles is 1. The molecule has 21 heavy (non-hydrogen) atoms. The molecule has 3 nitrogen and oxygen atoms in total. The van der Waals surface area contributed by atoms with Crippen LogP contribution in [0.3, 0.4) is 0 Å². The summed E-state index contributed by atoms with van der Waals surface area (Å²) in [6.45, 7) is -0.0751. The lowest BCUT2D eigenvalue weighted by Crippen LogP contribution is -2.37. The minimum atomic E-state index is -0.577. The summed E-state index contributed by atoms with van der Waals surface area (Å²) in [7, 11) is 0. The summed E-state index contributed by atoms with van der Waals surface area (Å²) >= 11 is 0. The quantitative estimate of drug-likeness (QED) is 0.857. The highest BCUT2D eigenvalue weighted by atomic mass is 19.1. The molecule has 0 aromatic heterocycles. The van der Waals surface area contributed by atoms with Gasteiger partial charge < -0.3 is 5.11 Å². The van der Waals surface area contributed by atoms with Crippen LogP contribution in [-0.2, 0) is 6.42 Å². The van der Waals surface area contributed by atoms with Gasteiger partial charge in [-0.2, -0.15) is 5.26 Å². The van der Waals surface area contributed by atoms with Crippen LogP contribution >= 0.6 is 0 Å². The summed E-state index contributed by atoms with van der Waals surface area (Å²) in [5, 5.41) is 21.9. The standard InChI is InChI=1S/C17H17FN2O/c18-15-8-6-14(7-9-15)17(11-19)20-16(12-21)10-13-4-2-1-3-5-13/h1-9,16-17,20-21H,10,12H2. The summed E-state index contributed by atoms with van der Waals surface area (Å²) in [4.78, 5) is 0. The van der Waals surface area contributed by atoms with Crippen molar-refractivity contribution in [3.05, 3.63) is 71.5 Å². The van der Waals surface area contributed by atoms with E-state index in [-0.39, 0.29) is 18.5 Å². The van der Waals surface area contributed by atoms with Gasteiger partial charge in [-0.05, 0) is 29.7 Å². The van der Waals surface area contributed by atoms with Crippen molar-refractivity contribution in [2.75, 3.05) is 6.61 Å². The zero-order chi connectivity index (χ0) is 15.1. The van der Waals surface area contributed by atoms with Crippen molar-refractivity contribution in [3.63, 3.8) is 0 Å². The fourth-order valence-corrected chi connectivity index (χ4v) is 2.17. The van der Waals surface area contributed by atoms with Gasteiger partial charge in [-0.1, -0.05) is 42.5 Å². The molecule has 0 amide bonds. The maximum atomic E-state index is 12.9. The van der Waals surface area contributed by atoms with Crippen molar-refractivity contribution in [1.82, 2.24) is 5.32 Å². The molecule has 0 aliphatic carbocycles. The van der Waals surface area contributed by atoms with Gasteiger partial charge >= 0.3 is 0 Å². The second-order valence-corrected chi connectivity index (χ2v) is 4.85. The van der Waals surface area contributed by atoms with Crippen LogP contribution < -0.4 is 5.32 Å². The van der Waals surface area contributed by atoms with E-state index in [4.69, 9.17) is 0 Å². The van der Waals surface area contributed by atoms with Gasteiger partial charge in [0.2, 0.25) is 0 Å². The Labute approximate surface area is 123 Å². The molecule has 2 unspecified atom stereocenters. The third-order valence-corrected chi connectivity index (χ3v) is 3.28. The molecule has 0 fully saturated rings. The van der Waals surface area contributed by atoms with Crippen LogP contribution in [0.25, 0.3) is 0 Å². The van der Waals surface area contributed by atoms with Crippen LogP contribution in [0.15, 0.2) is 54.6 Å². The van der Waals surface area contributed by atoms with Gasteiger partial charge in [0.25, 0.3) is 0 Å². The Balaban J connectivity index is 2.05. The number of hydrogen-bond acceptors (Lipinski definition) is 3. The van der Waals surface area contributed by atoms with E-state index in [1.54, 1.807) is 12.1 Å². The Hall–Kier alpha value is -2.22. The molecule has 2 aromatic carbocycles. The summed E-state index contributed by atoms with van der Waals surface area (Å²) in [6, 6.07) is 16.9. The third kappa shape index (κ3) is 4.38. The molecule has 2 N–H and O–H groups in total.